The van der Waals surface area contributed by atoms with E-state index in [9.17, 15) is 9.59 Å². The second-order valence-corrected chi connectivity index (χ2v) is 5.94. The summed E-state index contributed by atoms with van der Waals surface area (Å²) >= 11 is 0. The van der Waals surface area contributed by atoms with Gasteiger partial charge in [0.05, 0.1) is 11.4 Å². The highest BCUT2D eigenvalue weighted by molar-refractivity contribution is 5.73. The van der Waals surface area contributed by atoms with E-state index >= 15 is 0 Å². The maximum atomic E-state index is 12.3. The molecule has 0 saturated carbocycles. The van der Waals surface area contributed by atoms with Crippen LogP contribution in [0, 0.1) is 0 Å². The molecule has 126 valence electrons. The van der Waals surface area contributed by atoms with Crippen molar-refractivity contribution < 1.29 is 4.79 Å². The lowest BCUT2D eigenvalue weighted by Gasteiger charge is -2.40. The van der Waals surface area contributed by atoms with E-state index in [-0.39, 0.29) is 17.5 Å². The largest absolute Gasteiger partial charge is 0.339 e. The number of amides is 1. The Balaban J connectivity index is 1.98. The van der Waals surface area contributed by atoms with Gasteiger partial charge in [0.25, 0.3) is 5.56 Å². The molecule has 2 aromatic heterocycles. The summed E-state index contributed by atoms with van der Waals surface area (Å²) in [6.07, 6.45) is 3.05. The molecule has 1 aliphatic rings. The van der Waals surface area contributed by atoms with Gasteiger partial charge in [-0.25, -0.2) is 15.0 Å². The Morgan fingerprint density at radius 1 is 1.29 bits per heavy atom. The van der Waals surface area contributed by atoms with E-state index in [1.807, 2.05) is 11.8 Å². The van der Waals surface area contributed by atoms with E-state index in [1.54, 1.807) is 26.2 Å². The quantitative estimate of drug-likeness (QED) is 0.788. The zero-order chi connectivity index (χ0) is 17.3. The first-order valence-corrected chi connectivity index (χ1v) is 7.84. The minimum absolute atomic E-state index is 0.0677. The van der Waals surface area contributed by atoms with Gasteiger partial charge in [-0.2, -0.15) is 0 Å². The van der Waals surface area contributed by atoms with E-state index in [0.717, 1.165) is 0 Å². The number of hydrogen-bond acceptors (Lipinski definition) is 6. The first kappa shape index (κ1) is 16.1. The molecule has 8 nitrogen and oxygen atoms in total. The predicted octanol–water partition coefficient (Wildman–Crippen LogP) is 0.294. The van der Waals surface area contributed by atoms with Crippen molar-refractivity contribution in [3.8, 4) is 11.4 Å². The Bertz CT molecular complexity index is 804. The van der Waals surface area contributed by atoms with Gasteiger partial charge >= 0.3 is 0 Å². The molecule has 8 heteroatoms. The van der Waals surface area contributed by atoms with E-state index < -0.39 is 0 Å². The molecule has 2 aromatic rings. The molecule has 1 atom stereocenters. The van der Waals surface area contributed by atoms with Crippen molar-refractivity contribution in [1.82, 2.24) is 24.4 Å². The Hall–Kier alpha value is -2.77. The molecule has 1 amide bonds. The highest BCUT2D eigenvalue weighted by atomic mass is 16.2. The third-order valence-electron chi connectivity index (χ3n) is 4.29. The molecule has 0 radical (unpaired) electrons. The summed E-state index contributed by atoms with van der Waals surface area (Å²) in [6, 6.07) is 3.27. The molecule has 1 saturated heterocycles. The van der Waals surface area contributed by atoms with E-state index in [4.69, 9.17) is 0 Å². The van der Waals surface area contributed by atoms with Crippen molar-refractivity contribution in [1.29, 1.82) is 0 Å². The third-order valence-corrected chi connectivity index (χ3v) is 4.29. The summed E-state index contributed by atoms with van der Waals surface area (Å²) in [5, 5.41) is 0. The van der Waals surface area contributed by atoms with Crippen LogP contribution in [0.2, 0.25) is 0 Å². The van der Waals surface area contributed by atoms with Crippen LogP contribution in [0.1, 0.15) is 13.8 Å². The van der Waals surface area contributed by atoms with Crippen molar-refractivity contribution in [2.75, 3.05) is 24.5 Å². The van der Waals surface area contributed by atoms with Crippen LogP contribution in [-0.4, -0.2) is 56.0 Å². The molecule has 0 unspecified atom stereocenters. The van der Waals surface area contributed by atoms with Crippen molar-refractivity contribution in [3.63, 3.8) is 0 Å². The van der Waals surface area contributed by atoms with Gasteiger partial charge in [-0.15, -0.1) is 0 Å². The first-order valence-electron chi connectivity index (χ1n) is 7.84. The fourth-order valence-electron chi connectivity index (χ4n) is 2.90. The number of piperazine rings is 1. The molecular formula is C16H20N6O2. The van der Waals surface area contributed by atoms with Crippen molar-refractivity contribution in [2.24, 2.45) is 7.05 Å². The average Bonchev–Trinajstić information content (AvgIpc) is 2.58. The van der Waals surface area contributed by atoms with Crippen LogP contribution in [-0.2, 0) is 11.8 Å². The topological polar surface area (TPSA) is 84.2 Å². The summed E-state index contributed by atoms with van der Waals surface area (Å²) in [4.78, 5) is 40.5. The SMILES string of the molecule is CC(=O)N1CCN(c2nc(-c3ccncn3)cc(=O)n2C)[C@H](C)C1. The van der Waals surface area contributed by atoms with Gasteiger partial charge in [0.2, 0.25) is 11.9 Å². The highest BCUT2D eigenvalue weighted by Crippen LogP contribution is 2.20. The van der Waals surface area contributed by atoms with Crippen LogP contribution in [0.5, 0.6) is 0 Å². The smallest absolute Gasteiger partial charge is 0.255 e. The van der Waals surface area contributed by atoms with Crippen LogP contribution in [0.25, 0.3) is 11.4 Å². The Morgan fingerprint density at radius 3 is 2.71 bits per heavy atom. The van der Waals surface area contributed by atoms with Crippen molar-refractivity contribution >= 4 is 11.9 Å². The average molecular weight is 328 g/mol. The fraction of sp³-hybridized carbons (Fsp3) is 0.438. The van der Waals surface area contributed by atoms with Crippen LogP contribution >= 0.6 is 0 Å². The summed E-state index contributed by atoms with van der Waals surface area (Å²) in [6.45, 7) is 5.47. The molecule has 0 aromatic carbocycles. The molecule has 1 aliphatic heterocycles. The minimum Gasteiger partial charge on any atom is -0.339 e. The van der Waals surface area contributed by atoms with Gasteiger partial charge in [0, 0.05) is 51.9 Å². The maximum Gasteiger partial charge on any atom is 0.255 e. The summed E-state index contributed by atoms with van der Waals surface area (Å²) in [5.74, 6) is 0.657. The number of carbonyl (C=O) groups is 1. The summed E-state index contributed by atoms with van der Waals surface area (Å²) in [7, 11) is 1.71. The lowest BCUT2D eigenvalue weighted by Crippen LogP contribution is -2.54. The molecule has 1 fully saturated rings. The highest BCUT2D eigenvalue weighted by Gasteiger charge is 2.28. The van der Waals surface area contributed by atoms with Gasteiger partial charge in [0.15, 0.2) is 0 Å². The van der Waals surface area contributed by atoms with Gasteiger partial charge in [0.1, 0.15) is 6.33 Å². The molecule has 24 heavy (non-hydrogen) atoms. The molecule has 0 N–H and O–H groups in total. The Labute approximate surface area is 139 Å². The molecule has 3 heterocycles. The van der Waals surface area contributed by atoms with Crippen LogP contribution in [0.15, 0.2) is 29.5 Å². The van der Waals surface area contributed by atoms with Crippen LogP contribution < -0.4 is 10.5 Å². The van der Waals surface area contributed by atoms with Gasteiger partial charge < -0.3 is 9.80 Å². The van der Waals surface area contributed by atoms with Gasteiger partial charge in [-0.1, -0.05) is 0 Å². The molecule has 0 bridgehead atoms. The normalized spacial score (nSPS) is 17.9. The lowest BCUT2D eigenvalue weighted by molar-refractivity contribution is -0.129. The third kappa shape index (κ3) is 2.99. The number of nitrogens with zero attached hydrogens (tertiary/aromatic N) is 6. The zero-order valence-corrected chi connectivity index (χ0v) is 14.0. The van der Waals surface area contributed by atoms with Gasteiger partial charge in [-0.05, 0) is 13.0 Å². The minimum atomic E-state index is -0.144. The Kier molecular flexibility index (Phi) is 4.28. The second kappa shape index (κ2) is 6.38. The summed E-state index contributed by atoms with van der Waals surface area (Å²) < 4.78 is 1.53. The second-order valence-electron chi connectivity index (χ2n) is 5.94. The molecular weight excluding hydrogens is 308 g/mol. The molecule has 0 spiro atoms. The molecule has 0 aliphatic carbocycles. The molecule has 3 rings (SSSR count). The number of aromatic nitrogens is 4. The zero-order valence-electron chi connectivity index (χ0n) is 14.0. The number of hydrogen-bond donors (Lipinski definition) is 0. The van der Waals surface area contributed by atoms with E-state index in [2.05, 4.69) is 19.9 Å². The standard InChI is InChI=1S/C16H20N6O2/c1-11-9-21(12(2)23)6-7-22(11)16-19-14(8-15(24)20(16)3)13-4-5-17-10-18-13/h4-5,8,10-11H,6-7,9H2,1-3H3/t11-/m1/s1. The Morgan fingerprint density at radius 2 is 2.08 bits per heavy atom. The predicted molar refractivity (Wildman–Crippen MR) is 89.6 cm³/mol. The number of carbonyl (C=O) groups excluding carboxylic acids is 1. The summed E-state index contributed by atoms with van der Waals surface area (Å²) in [5.41, 5.74) is 0.991. The fourth-order valence-corrected chi connectivity index (χ4v) is 2.90. The van der Waals surface area contributed by atoms with Crippen LogP contribution in [0.4, 0.5) is 5.95 Å². The number of rotatable bonds is 2. The first-order chi connectivity index (χ1) is 11.5. The van der Waals surface area contributed by atoms with Crippen molar-refractivity contribution in [3.05, 3.63) is 35.0 Å². The van der Waals surface area contributed by atoms with E-state index in [0.29, 0.717) is 37.0 Å². The van der Waals surface area contributed by atoms with Crippen LogP contribution in [0.3, 0.4) is 0 Å². The maximum absolute atomic E-state index is 12.3. The van der Waals surface area contributed by atoms with E-state index in [1.165, 1.54) is 17.0 Å². The number of anilines is 1. The lowest BCUT2D eigenvalue weighted by atomic mass is 10.2. The van der Waals surface area contributed by atoms with Gasteiger partial charge in [-0.3, -0.25) is 14.2 Å². The monoisotopic (exact) mass is 328 g/mol. The van der Waals surface area contributed by atoms with Crippen molar-refractivity contribution in [2.45, 2.75) is 19.9 Å².